The molecule has 1 amide bonds. The summed E-state index contributed by atoms with van der Waals surface area (Å²) in [4.78, 5) is 23.9. The smallest absolute Gasteiger partial charge is 0.415 e. The lowest BCUT2D eigenvalue weighted by molar-refractivity contribution is -0.135. The zero-order chi connectivity index (χ0) is 14.6. The maximum absolute atomic E-state index is 12.0. The lowest BCUT2D eigenvalue weighted by Gasteiger charge is -2.26. The van der Waals surface area contributed by atoms with Crippen molar-refractivity contribution in [3.63, 3.8) is 0 Å². The van der Waals surface area contributed by atoms with E-state index in [0.29, 0.717) is 11.4 Å². The van der Waals surface area contributed by atoms with Gasteiger partial charge in [0.15, 0.2) is 0 Å². The Morgan fingerprint density at radius 2 is 2.00 bits per heavy atom. The van der Waals surface area contributed by atoms with Crippen molar-refractivity contribution in [2.75, 3.05) is 17.2 Å². The van der Waals surface area contributed by atoms with Gasteiger partial charge in [0.05, 0.1) is 0 Å². The normalized spacial score (nSPS) is 10.9. The minimum atomic E-state index is -1.13. The fourth-order valence-corrected chi connectivity index (χ4v) is 1.41. The third kappa shape index (κ3) is 4.87. The molecular formula is C13H18N2O4. The summed E-state index contributed by atoms with van der Waals surface area (Å²) in [5.74, 6) is -1.13. The van der Waals surface area contributed by atoms with Gasteiger partial charge in [-0.25, -0.2) is 4.79 Å². The number of nitrogens with zero attached hydrogens (tertiary/aromatic N) is 1. The Bertz CT molecular complexity index is 480. The van der Waals surface area contributed by atoms with E-state index in [4.69, 9.17) is 15.6 Å². The Labute approximate surface area is 111 Å². The van der Waals surface area contributed by atoms with Gasteiger partial charge in [-0.3, -0.25) is 9.69 Å². The van der Waals surface area contributed by atoms with Crippen molar-refractivity contribution in [2.45, 2.75) is 26.4 Å². The molecule has 0 unspecified atom stereocenters. The van der Waals surface area contributed by atoms with E-state index < -0.39 is 24.2 Å². The number of rotatable bonds is 3. The number of carbonyl (C=O) groups is 2. The first kappa shape index (κ1) is 14.8. The summed E-state index contributed by atoms with van der Waals surface area (Å²) >= 11 is 0. The van der Waals surface area contributed by atoms with E-state index in [1.54, 1.807) is 39.0 Å². The molecule has 0 spiro atoms. The van der Waals surface area contributed by atoms with E-state index in [2.05, 4.69) is 0 Å². The molecule has 0 aromatic heterocycles. The van der Waals surface area contributed by atoms with E-state index in [-0.39, 0.29) is 0 Å². The molecule has 0 saturated carbocycles. The summed E-state index contributed by atoms with van der Waals surface area (Å²) in [7, 11) is 0. The van der Waals surface area contributed by atoms with Crippen molar-refractivity contribution >= 4 is 23.4 Å². The lowest BCUT2D eigenvalue weighted by atomic mass is 10.2. The third-order valence-corrected chi connectivity index (χ3v) is 2.09. The van der Waals surface area contributed by atoms with Crippen LogP contribution >= 0.6 is 0 Å². The molecule has 1 rings (SSSR count). The number of hydrogen-bond acceptors (Lipinski definition) is 4. The van der Waals surface area contributed by atoms with Crippen molar-refractivity contribution in [3.8, 4) is 0 Å². The van der Waals surface area contributed by atoms with Gasteiger partial charge >= 0.3 is 12.1 Å². The highest BCUT2D eigenvalue weighted by molar-refractivity contribution is 5.93. The Morgan fingerprint density at radius 1 is 1.37 bits per heavy atom. The predicted molar refractivity (Wildman–Crippen MR) is 72.1 cm³/mol. The van der Waals surface area contributed by atoms with Crippen molar-refractivity contribution < 1.29 is 19.4 Å². The molecule has 1 aromatic carbocycles. The van der Waals surface area contributed by atoms with Gasteiger partial charge < -0.3 is 15.6 Å². The van der Waals surface area contributed by atoms with E-state index in [1.165, 1.54) is 6.07 Å². The summed E-state index contributed by atoms with van der Waals surface area (Å²) in [6.07, 6.45) is -0.722. The van der Waals surface area contributed by atoms with Crippen LogP contribution in [-0.4, -0.2) is 29.3 Å². The van der Waals surface area contributed by atoms with Crippen LogP contribution in [0.25, 0.3) is 0 Å². The molecule has 104 valence electrons. The monoisotopic (exact) mass is 266 g/mol. The molecule has 0 heterocycles. The molecule has 0 aliphatic carbocycles. The SMILES string of the molecule is CC(C)(C)OC(=O)N(CC(=O)O)c1cccc(N)c1. The van der Waals surface area contributed by atoms with Gasteiger partial charge in [0.2, 0.25) is 0 Å². The molecule has 0 aliphatic rings. The molecule has 3 N–H and O–H groups in total. The van der Waals surface area contributed by atoms with Crippen LogP contribution < -0.4 is 10.6 Å². The van der Waals surface area contributed by atoms with Gasteiger partial charge in [-0.05, 0) is 39.0 Å². The van der Waals surface area contributed by atoms with E-state index in [9.17, 15) is 9.59 Å². The summed E-state index contributed by atoms with van der Waals surface area (Å²) in [5.41, 5.74) is 5.76. The van der Waals surface area contributed by atoms with Crippen LogP contribution in [0.5, 0.6) is 0 Å². The predicted octanol–water partition coefficient (Wildman–Crippen LogP) is 2.09. The number of nitrogen functional groups attached to an aromatic ring is 1. The van der Waals surface area contributed by atoms with Gasteiger partial charge in [-0.2, -0.15) is 0 Å². The Kier molecular flexibility index (Phi) is 4.37. The van der Waals surface area contributed by atoms with Crippen LogP contribution in [0.4, 0.5) is 16.2 Å². The standard InChI is InChI=1S/C13H18N2O4/c1-13(2,3)19-12(18)15(8-11(16)17)10-6-4-5-9(14)7-10/h4-7H,8,14H2,1-3H3,(H,16,17). The number of hydrogen-bond donors (Lipinski definition) is 2. The first-order valence-electron chi connectivity index (χ1n) is 5.77. The van der Waals surface area contributed by atoms with Crippen molar-refractivity contribution in [3.05, 3.63) is 24.3 Å². The molecule has 6 nitrogen and oxygen atoms in total. The number of amides is 1. The average molecular weight is 266 g/mol. The fourth-order valence-electron chi connectivity index (χ4n) is 1.41. The number of nitrogens with two attached hydrogens (primary N) is 1. The Morgan fingerprint density at radius 3 is 2.47 bits per heavy atom. The number of carboxylic acids is 1. The van der Waals surface area contributed by atoms with Gasteiger partial charge in [0.1, 0.15) is 12.1 Å². The summed E-state index contributed by atoms with van der Waals surface area (Å²) in [6, 6.07) is 6.41. The molecule has 1 aromatic rings. The van der Waals surface area contributed by atoms with E-state index in [1.807, 2.05) is 0 Å². The second kappa shape index (κ2) is 5.60. The highest BCUT2D eigenvalue weighted by Gasteiger charge is 2.25. The minimum absolute atomic E-state index is 0.386. The first-order chi connectivity index (χ1) is 8.69. The highest BCUT2D eigenvalue weighted by atomic mass is 16.6. The molecular weight excluding hydrogens is 248 g/mol. The molecule has 0 saturated heterocycles. The first-order valence-corrected chi connectivity index (χ1v) is 5.77. The molecule has 0 fully saturated rings. The third-order valence-electron chi connectivity index (χ3n) is 2.09. The van der Waals surface area contributed by atoms with Crippen molar-refractivity contribution in [2.24, 2.45) is 0 Å². The maximum Gasteiger partial charge on any atom is 0.415 e. The number of aliphatic carboxylic acids is 1. The van der Waals surface area contributed by atoms with Crippen molar-refractivity contribution in [1.82, 2.24) is 0 Å². The zero-order valence-corrected chi connectivity index (χ0v) is 11.2. The number of carbonyl (C=O) groups excluding carboxylic acids is 1. The van der Waals surface area contributed by atoms with Gasteiger partial charge in [0, 0.05) is 11.4 Å². The lowest BCUT2D eigenvalue weighted by Crippen LogP contribution is -2.40. The fraction of sp³-hybridized carbons (Fsp3) is 0.385. The summed E-state index contributed by atoms with van der Waals surface area (Å²) < 4.78 is 5.18. The second-order valence-electron chi connectivity index (χ2n) is 5.06. The highest BCUT2D eigenvalue weighted by Crippen LogP contribution is 2.20. The zero-order valence-electron chi connectivity index (χ0n) is 11.2. The second-order valence-corrected chi connectivity index (χ2v) is 5.06. The van der Waals surface area contributed by atoms with Crippen LogP contribution in [0.2, 0.25) is 0 Å². The summed E-state index contributed by atoms with van der Waals surface area (Å²) in [6.45, 7) is 4.65. The molecule has 19 heavy (non-hydrogen) atoms. The molecule has 6 heteroatoms. The van der Waals surface area contributed by atoms with Crippen LogP contribution in [0, 0.1) is 0 Å². The molecule has 0 aliphatic heterocycles. The van der Waals surface area contributed by atoms with Crippen molar-refractivity contribution in [1.29, 1.82) is 0 Å². The van der Waals surface area contributed by atoms with Crippen LogP contribution in [-0.2, 0) is 9.53 Å². The number of ether oxygens (including phenoxy) is 1. The molecule has 0 atom stereocenters. The Balaban J connectivity index is 3.01. The average Bonchev–Trinajstić information content (AvgIpc) is 2.23. The molecule has 0 bridgehead atoms. The largest absolute Gasteiger partial charge is 0.480 e. The summed E-state index contributed by atoms with van der Waals surface area (Å²) in [5, 5.41) is 8.88. The number of carboxylic acid groups (broad SMARTS) is 1. The topological polar surface area (TPSA) is 92.9 Å². The van der Waals surface area contributed by atoms with Gasteiger partial charge in [-0.15, -0.1) is 0 Å². The van der Waals surface area contributed by atoms with Gasteiger partial charge in [0.25, 0.3) is 0 Å². The number of anilines is 2. The van der Waals surface area contributed by atoms with Crippen LogP contribution in [0.1, 0.15) is 20.8 Å². The quantitative estimate of drug-likeness (QED) is 0.817. The van der Waals surface area contributed by atoms with E-state index in [0.717, 1.165) is 4.90 Å². The minimum Gasteiger partial charge on any atom is -0.480 e. The van der Waals surface area contributed by atoms with Gasteiger partial charge in [-0.1, -0.05) is 6.07 Å². The molecule has 0 radical (unpaired) electrons. The van der Waals surface area contributed by atoms with Crippen LogP contribution in [0.3, 0.4) is 0 Å². The number of benzene rings is 1. The van der Waals surface area contributed by atoms with Crippen LogP contribution in [0.15, 0.2) is 24.3 Å². The Hall–Kier alpha value is -2.24. The van der Waals surface area contributed by atoms with E-state index >= 15 is 0 Å². The maximum atomic E-state index is 12.0.